The zero-order valence-corrected chi connectivity index (χ0v) is 41.0. The second kappa shape index (κ2) is 29.0. The van der Waals surface area contributed by atoms with Crippen molar-refractivity contribution in [2.24, 2.45) is 11.5 Å². The van der Waals surface area contributed by atoms with E-state index < -0.39 is 85.2 Å². The van der Waals surface area contributed by atoms with Gasteiger partial charge in [0.05, 0.1) is 19.6 Å². The Balaban J connectivity index is 1.66. The topological polar surface area (TPSA) is 287 Å². The smallest absolute Gasteiger partial charge is 0.246 e. The molecule has 4 atom stereocenters. The molecule has 0 heterocycles. The third-order valence-electron chi connectivity index (χ3n) is 10.8. The maximum Gasteiger partial charge on any atom is 0.246 e. The Labute approximate surface area is 409 Å². The van der Waals surface area contributed by atoms with E-state index in [2.05, 4.69) is 21.3 Å². The second-order valence-electron chi connectivity index (χ2n) is 15.9. The average Bonchev–Trinajstić information content (AvgIpc) is 3.31. The van der Waals surface area contributed by atoms with E-state index in [9.17, 15) is 48.6 Å². The van der Waals surface area contributed by atoms with E-state index in [1.807, 2.05) is 18.4 Å². The number of nitrogens with zero attached hydrogens (tertiary/aromatic N) is 3. The number of aromatic hydroxyl groups is 2. The number of likely N-dealkylation sites (N-methyl/N-ethyl adjacent to an activating group) is 3. The fourth-order valence-electron chi connectivity index (χ4n) is 6.80. The zero-order chi connectivity index (χ0) is 50.3. The van der Waals surface area contributed by atoms with Crippen molar-refractivity contribution in [1.82, 2.24) is 36.0 Å². The summed E-state index contributed by atoms with van der Waals surface area (Å²) in [6.45, 7) is -1.30. The lowest BCUT2D eigenvalue weighted by Crippen LogP contribution is -2.57. The first kappa shape index (κ1) is 56.3. The van der Waals surface area contributed by atoms with E-state index in [0.29, 0.717) is 42.0 Å². The van der Waals surface area contributed by atoms with Crippen molar-refractivity contribution in [1.29, 1.82) is 0 Å². The van der Waals surface area contributed by atoms with Crippen LogP contribution in [0.25, 0.3) is 0 Å². The predicted octanol–water partition coefficient (Wildman–Crippen LogP) is 1.11. The van der Waals surface area contributed by atoms with Crippen LogP contribution in [0, 0.1) is 0 Å². The molecule has 0 spiro atoms. The summed E-state index contributed by atoms with van der Waals surface area (Å²) in [6.07, 6.45) is 3.45. The molecule has 22 heteroatoms. The highest BCUT2D eigenvalue weighted by molar-refractivity contribution is 8.76. The molecule has 3 rings (SSSR count). The first-order valence-corrected chi connectivity index (χ1v) is 24.8. The Hall–Kier alpha value is -6.03. The number of nitrogens with one attached hydrogen (secondary N) is 4. The van der Waals surface area contributed by atoms with Crippen molar-refractivity contribution < 1.29 is 48.6 Å². The highest BCUT2D eigenvalue weighted by Gasteiger charge is 2.33. The van der Waals surface area contributed by atoms with E-state index in [4.69, 9.17) is 23.1 Å². The number of carbonyl (C=O) groups is 8. The molecule has 8 amide bonds. The number of aryl methyl sites for hydroxylation is 1. The first-order valence-electron chi connectivity index (χ1n) is 21.7. The van der Waals surface area contributed by atoms with Gasteiger partial charge in [-0.05, 0) is 91.6 Å². The van der Waals surface area contributed by atoms with Crippen LogP contribution in [-0.4, -0.2) is 156 Å². The van der Waals surface area contributed by atoms with E-state index in [-0.39, 0.29) is 48.8 Å². The maximum atomic E-state index is 14.1. The van der Waals surface area contributed by atoms with Gasteiger partial charge in [0.15, 0.2) is 0 Å². The van der Waals surface area contributed by atoms with Crippen LogP contribution in [0.3, 0.4) is 0 Å². The quantitative estimate of drug-likeness (QED) is 0.0374. The lowest BCUT2D eigenvalue weighted by Gasteiger charge is -2.31. The average molecular weight is 1000 g/mol. The van der Waals surface area contributed by atoms with Gasteiger partial charge < -0.3 is 57.6 Å². The summed E-state index contributed by atoms with van der Waals surface area (Å²) in [4.78, 5) is 110. The summed E-state index contributed by atoms with van der Waals surface area (Å²) in [5, 5.41) is 30.5. The van der Waals surface area contributed by atoms with Crippen molar-refractivity contribution in [2.45, 2.75) is 69.1 Å². The van der Waals surface area contributed by atoms with Crippen LogP contribution in [-0.2, 0) is 57.6 Å². The minimum Gasteiger partial charge on any atom is -0.508 e. The van der Waals surface area contributed by atoms with Crippen LogP contribution in [0.1, 0.15) is 42.4 Å². The molecule has 3 aromatic carbocycles. The molecular formula is C46H62ClN9O10S2. The normalized spacial score (nSPS) is 12.6. The van der Waals surface area contributed by atoms with Gasteiger partial charge in [0.25, 0.3) is 0 Å². The van der Waals surface area contributed by atoms with E-state index in [1.54, 1.807) is 36.4 Å². The molecule has 19 nitrogen and oxygen atoms in total. The molecule has 4 unspecified atom stereocenters. The maximum absolute atomic E-state index is 14.1. The number of carbonyl (C=O) groups excluding carboxylic acids is 8. The van der Waals surface area contributed by atoms with E-state index in [1.165, 1.54) is 71.9 Å². The van der Waals surface area contributed by atoms with Crippen molar-refractivity contribution in [3.63, 3.8) is 0 Å². The number of primary amides is 1. The summed E-state index contributed by atoms with van der Waals surface area (Å²) in [5.74, 6) is -4.92. The monoisotopic (exact) mass is 999 g/mol. The Morgan fingerprint density at radius 1 is 0.676 bits per heavy atom. The minimum absolute atomic E-state index is 0.00915. The highest BCUT2D eigenvalue weighted by atomic mass is 35.5. The molecule has 0 fully saturated rings. The molecule has 0 aliphatic carbocycles. The molecule has 3 aromatic rings. The SMILES string of the molecule is CSSCC(NC(=O)CCc1ccc(Cl)cc1)C(=O)N(C)C(Cc1ccc(O)cc1)C(=O)NCC(=O)NC(CCCCN)C(=O)N(C)CC(=O)NCC(=O)N(C)C(Cc1ccc(O)cc1)C(N)=O. The lowest BCUT2D eigenvalue weighted by molar-refractivity contribution is -0.141. The van der Waals surface area contributed by atoms with Crippen molar-refractivity contribution in [3.05, 3.63) is 94.5 Å². The summed E-state index contributed by atoms with van der Waals surface area (Å²) < 4.78 is 0. The summed E-state index contributed by atoms with van der Waals surface area (Å²) in [7, 11) is 6.88. The van der Waals surface area contributed by atoms with Crippen molar-refractivity contribution in [2.75, 3.05) is 59.3 Å². The molecule has 68 heavy (non-hydrogen) atoms. The molecule has 0 aliphatic rings. The van der Waals surface area contributed by atoms with Gasteiger partial charge >= 0.3 is 0 Å². The van der Waals surface area contributed by atoms with Gasteiger partial charge in [0, 0.05) is 51.2 Å². The van der Waals surface area contributed by atoms with Gasteiger partial charge in [-0.3, -0.25) is 38.4 Å². The van der Waals surface area contributed by atoms with Crippen LogP contribution in [0.4, 0.5) is 0 Å². The van der Waals surface area contributed by atoms with Gasteiger partial charge in [-0.25, -0.2) is 0 Å². The standard InChI is InChI=1S/C46H62ClN9O10S2/c1-54(27-41(61)50-26-42(62)55(2)37(43(49)63)23-30-10-17-33(57)18-11-30)45(65)35(7-5-6-22-48)52-40(60)25-51-44(64)38(24-31-12-19-34(58)20-13-31)56(3)46(66)36(28-68-67-4)53-39(59)21-14-29-8-15-32(47)16-9-29/h8-13,15-20,35-38,57-58H,5-7,14,21-28,48H2,1-4H3,(H2,49,63)(H,50,61)(H,51,64)(H,52,60)(H,53,59). The first-order chi connectivity index (χ1) is 32.3. The number of nitrogens with two attached hydrogens (primary N) is 2. The van der Waals surface area contributed by atoms with Crippen LogP contribution < -0.4 is 32.7 Å². The number of phenols is 2. The summed E-state index contributed by atoms with van der Waals surface area (Å²) in [5.41, 5.74) is 13.4. The van der Waals surface area contributed by atoms with Crippen molar-refractivity contribution >= 4 is 80.4 Å². The Kier molecular flexibility index (Phi) is 24.0. The van der Waals surface area contributed by atoms with Crippen LogP contribution in [0.2, 0.25) is 5.02 Å². The second-order valence-corrected chi connectivity index (χ2v) is 19.0. The third-order valence-corrected chi connectivity index (χ3v) is 12.8. The number of unbranched alkanes of at least 4 members (excludes halogenated alkanes) is 1. The van der Waals surface area contributed by atoms with Gasteiger partial charge in [-0.1, -0.05) is 69.6 Å². The zero-order valence-electron chi connectivity index (χ0n) is 38.6. The fraction of sp³-hybridized carbons (Fsp3) is 0.435. The van der Waals surface area contributed by atoms with Gasteiger partial charge in [0.1, 0.15) is 35.7 Å². The predicted molar refractivity (Wildman–Crippen MR) is 262 cm³/mol. The molecule has 0 saturated heterocycles. The van der Waals surface area contributed by atoms with Gasteiger partial charge in [0.2, 0.25) is 47.3 Å². The number of amides is 8. The molecule has 0 bridgehead atoms. The minimum atomic E-state index is -1.19. The Morgan fingerprint density at radius 3 is 1.79 bits per heavy atom. The number of hydrogen-bond acceptors (Lipinski definition) is 13. The molecule has 370 valence electrons. The molecule has 0 aliphatic heterocycles. The fourth-order valence-corrected chi connectivity index (χ4v) is 8.24. The summed E-state index contributed by atoms with van der Waals surface area (Å²) >= 11 is 5.99. The number of halogens is 1. The molecule has 0 aromatic heterocycles. The number of benzene rings is 3. The van der Waals surface area contributed by atoms with Crippen LogP contribution in [0.5, 0.6) is 11.5 Å². The van der Waals surface area contributed by atoms with E-state index in [0.717, 1.165) is 15.4 Å². The number of hydrogen-bond donors (Lipinski definition) is 8. The highest BCUT2D eigenvalue weighted by Crippen LogP contribution is 2.21. The molecule has 0 radical (unpaired) electrons. The lowest BCUT2D eigenvalue weighted by atomic mass is 10.0. The molecule has 0 saturated carbocycles. The van der Waals surface area contributed by atoms with Crippen molar-refractivity contribution in [3.8, 4) is 11.5 Å². The molecular weight excluding hydrogens is 938 g/mol. The molecule has 10 N–H and O–H groups in total. The van der Waals surface area contributed by atoms with E-state index >= 15 is 0 Å². The van der Waals surface area contributed by atoms with Crippen LogP contribution in [0.15, 0.2) is 72.8 Å². The number of phenolic OH excluding ortho intramolecular Hbond substituents is 2. The third kappa shape index (κ3) is 19.3. The van der Waals surface area contributed by atoms with Crippen LogP contribution >= 0.6 is 33.2 Å². The number of rotatable bonds is 28. The summed E-state index contributed by atoms with van der Waals surface area (Å²) in [6, 6.07) is 14.8. The Morgan fingerprint density at radius 2 is 1.24 bits per heavy atom. The Bertz CT molecular complexity index is 2170. The van der Waals surface area contributed by atoms with Gasteiger partial charge in [-0.15, -0.1) is 0 Å². The largest absolute Gasteiger partial charge is 0.508 e. The van der Waals surface area contributed by atoms with Gasteiger partial charge in [-0.2, -0.15) is 0 Å².